The van der Waals surface area contributed by atoms with Crippen LogP contribution in [-0.2, 0) is 13.1 Å². The minimum Gasteiger partial charge on any atom is -0.444 e. The molecule has 6 nitrogen and oxygen atoms in total. The van der Waals surface area contributed by atoms with Crippen LogP contribution in [0.25, 0.3) is 11.5 Å². The number of hydrogen-bond donors (Lipinski definition) is 2. The largest absolute Gasteiger partial charge is 0.444 e. The van der Waals surface area contributed by atoms with Crippen LogP contribution in [0, 0.1) is 6.92 Å². The molecule has 0 bridgehead atoms. The third-order valence-electron chi connectivity index (χ3n) is 5.65. The van der Waals surface area contributed by atoms with Crippen LogP contribution in [0.2, 0.25) is 0 Å². The SMILES string of the molecule is CN=C(NCc1coc(-c2ccccc2)n1)NC1CCN(Cc2cccc(C)c2)CC1.I. The number of piperidine rings is 1. The van der Waals surface area contributed by atoms with E-state index in [1.165, 1.54) is 11.1 Å². The van der Waals surface area contributed by atoms with Crippen LogP contribution < -0.4 is 10.6 Å². The Balaban J connectivity index is 0.00000289. The fourth-order valence-corrected chi connectivity index (χ4v) is 3.97. The van der Waals surface area contributed by atoms with Gasteiger partial charge in [-0.25, -0.2) is 4.98 Å². The number of nitrogens with zero attached hydrogens (tertiary/aromatic N) is 3. The molecule has 1 aromatic heterocycles. The van der Waals surface area contributed by atoms with E-state index in [-0.39, 0.29) is 24.0 Å². The van der Waals surface area contributed by atoms with E-state index in [2.05, 4.69) is 56.7 Å². The number of aromatic nitrogens is 1. The van der Waals surface area contributed by atoms with Crippen LogP contribution in [0.5, 0.6) is 0 Å². The van der Waals surface area contributed by atoms with Crippen molar-refractivity contribution in [2.45, 2.75) is 38.9 Å². The van der Waals surface area contributed by atoms with Crippen molar-refractivity contribution in [1.29, 1.82) is 0 Å². The number of aryl methyl sites for hydroxylation is 1. The summed E-state index contributed by atoms with van der Waals surface area (Å²) in [5.74, 6) is 1.45. The first kappa shape index (κ1) is 24.3. The van der Waals surface area contributed by atoms with Gasteiger partial charge in [0.05, 0.1) is 12.2 Å². The standard InChI is InChI=1S/C25H31N5O.HI/c1-19-7-6-8-20(15-19)17-30-13-11-22(12-14-30)29-25(26-2)27-16-23-18-31-24(28-23)21-9-4-3-5-10-21;/h3-10,15,18,22H,11-14,16-17H2,1-2H3,(H2,26,27,29);1H. The molecule has 2 heterocycles. The van der Waals surface area contributed by atoms with Crippen molar-refractivity contribution in [3.63, 3.8) is 0 Å². The molecule has 0 saturated carbocycles. The number of oxazole rings is 1. The summed E-state index contributed by atoms with van der Waals surface area (Å²) in [5, 5.41) is 6.92. The second kappa shape index (κ2) is 12.0. The number of hydrogen-bond acceptors (Lipinski definition) is 4. The number of aliphatic imine (C=N–C) groups is 1. The van der Waals surface area contributed by atoms with Gasteiger partial charge in [0.15, 0.2) is 5.96 Å². The molecule has 32 heavy (non-hydrogen) atoms. The highest BCUT2D eigenvalue weighted by Gasteiger charge is 2.20. The fourth-order valence-electron chi connectivity index (χ4n) is 3.97. The quantitative estimate of drug-likeness (QED) is 0.270. The van der Waals surface area contributed by atoms with Gasteiger partial charge in [-0.15, -0.1) is 24.0 Å². The smallest absolute Gasteiger partial charge is 0.226 e. The summed E-state index contributed by atoms with van der Waals surface area (Å²) < 4.78 is 5.62. The van der Waals surface area contributed by atoms with E-state index in [4.69, 9.17) is 4.42 Å². The molecule has 3 aromatic rings. The van der Waals surface area contributed by atoms with E-state index in [0.29, 0.717) is 18.5 Å². The summed E-state index contributed by atoms with van der Waals surface area (Å²) in [6, 6.07) is 19.2. The van der Waals surface area contributed by atoms with Gasteiger partial charge in [0.2, 0.25) is 5.89 Å². The van der Waals surface area contributed by atoms with Crippen molar-refractivity contribution < 1.29 is 4.42 Å². The molecule has 4 rings (SSSR count). The number of guanidine groups is 1. The van der Waals surface area contributed by atoms with Gasteiger partial charge in [0.25, 0.3) is 0 Å². The van der Waals surface area contributed by atoms with E-state index < -0.39 is 0 Å². The molecule has 0 aliphatic carbocycles. The van der Waals surface area contributed by atoms with Gasteiger partial charge < -0.3 is 15.1 Å². The third-order valence-corrected chi connectivity index (χ3v) is 5.65. The summed E-state index contributed by atoms with van der Waals surface area (Å²) >= 11 is 0. The van der Waals surface area contributed by atoms with Crippen molar-refractivity contribution in [2.24, 2.45) is 4.99 Å². The minimum absolute atomic E-state index is 0. The molecule has 0 atom stereocenters. The van der Waals surface area contributed by atoms with Crippen molar-refractivity contribution >= 4 is 29.9 Å². The van der Waals surface area contributed by atoms with Crippen LogP contribution in [0.4, 0.5) is 0 Å². The average molecular weight is 545 g/mol. The van der Waals surface area contributed by atoms with Gasteiger partial charge in [-0.05, 0) is 37.5 Å². The molecular weight excluding hydrogens is 513 g/mol. The van der Waals surface area contributed by atoms with Crippen molar-refractivity contribution in [3.05, 3.63) is 77.7 Å². The lowest BCUT2D eigenvalue weighted by molar-refractivity contribution is 0.198. The lowest BCUT2D eigenvalue weighted by Gasteiger charge is -2.33. The zero-order chi connectivity index (χ0) is 21.5. The van der Waals surface area contributed by atoms with Gasteiger partial charge in [-0.2, -0.15) is 0 Å². The first-order valence-corrected chi connectivity index (χ1v) is 10.9. The average Bonchev–Trinajstić information content (AvgIpc) is 3.27. The Morgan fingerprint density at radius 3 is 2.62 bits per heavy atom. The Kier molecular flexibility index (Phi) is 9.11. The van der Waals surface area contributed by atoms with E-state index in [1.807, 2.05) is 30.3 Å². The molecule has 7 heteroatoms. The zero-order valence-corrected chi connectivity index (χ0v) is 21.1. The minimum atomic E-state index is 0. The van der Waals surface area contributed by atoms with Gasteiger partial charge in [-0.3, -0.25) is 9.89 Å². The van der Waals surface area contributed by atoms with Crippen LogP contribution in [-0.4, -0.2) is 42.0 Å². The number of benzene rings is 2. The molecule has 0 radical (unpaired) electrons. The first-order chi connectivity index (χ1) is 15.2. The number of halogens is 1. The van der Waals surface area contributed by atoms with E-state index in [1.54, 1.807) is 13.3 Å². The second-order valence-corrected chi connectivity index (χ2v) is 8.12. The number of likely N-dealkylation sites (tertiary alicyclic amines) is 1. The summed E-state index contributed by atoms with van der Waals surface area (Å²) in [6.45, 7) is 5.93. The Morgan fingerprint density at radius 2 is 1.91 bits per heavy atom. The molecular formula is C25H32IN5O. The monoisotopic (exact) mass is 545 g/mol. The zero-order valence-electron chi connectivity index (χ0n) is 18.8. The summed E-state index contributed by atoms with van der Waals surface area (Å²) in [7, 11) is 1.81. The van der Waals surface area contributed by atoms with Gasteiger partial charge in [0, 0.05) is 38.3 Å². The number of nitrogens with one attached hydrogen (secondary N) is 2. The van der Waals surface area contributed by atoms with Crippen LogP contribution in [0.1, 0.15) is 29.7 Å². The molecule has 0 spiro atoms. The molecule has 2 aromatic carbocycles. The van der Waals surface area contributed by atoms with Crippen molar-refractivity contribution in [2.75, 3.05) is 20.1 Å². The Bertz CT molecular complexity index is 996. The van der Waals surface area contributed by atoms with E-state index in [0.717, 1.165) is 49.7 Å². The second-order valence-electron chi connectivity index (χ2n) is 8.12. The molecule has 1 aliphatic heterocycles. The van der Waals surface area contributed by atoms with Gasteiger partial charge >= 0.3 is 0 Å². The first-order valence-electron chi connectivity index (χ1n) is 10.9. The Labute approximate surface area is 207 Å². The van der Waals surface area contributed by atoms with E-state index >= 15 is 0 Å². The topological polar surface area (TPSA) is 65.7 Å². The Morgan fingerprint density at radius 1 is 1.12 bits per heavy atom. The van der Waals surface area contributed by atoms with Gasteiger partial charge in [-0.1, -0.05) is 48.0 Å². The maximum Gasteiger partial charge on any atom is 0.226 e. The van der Waals surface area contributed by atoms with Crippen LogP contribution >= 0.6 is 24.0 Å². The summed E-state index contributed by atoms with van der Waals surface area (Å²) in [5.41, 5.74) is 4.56. The molecule has 0 unspecified atom stereocenters. The molecule has 1 saturated heterocycles. The summed E-state index contributed by atoms with van der Waals surface area (Å²) in [4.78, 5) is 11.5. The lowest BCUT2D eigenvalue weighted by Crippen LogP contribution is -2.48. The van der Waals surface area contributed by atoms with Crippen LogP contribution in [0.3, 0.4) is 0 Å². The highest BCUT2D eigenvalue weighted by molar-refractivity contribution is 14.0. The maximum atomic E-state index is 5.62. The highest BCUT2D eigenvalue weighted by atomic mass is 127. The maximum absolute atomic E-state index is 5.62. The molecule has 2 N–H and O–H groups in total. The highest BCUT2D eigenvalue weighted by Crippen LogP contribution is 2.18. The van der Waals surface area contributed by atoms with Gasteiger partial charge in [0.1, 0.15) is 6.26 Å². The molecule has 1 fully saturated rings. The predicted octanol–water partition coefficient (Wildman–Crippen LogP) is 4.60. The molecule has 170 valence electrons. The molecule has 0 amide bonds. The third kappa shape index (κ3) is 6.80. The molecule has 1 aliphatic rings. The Hall–Kier alpha value is -2.39. The normalized spacial score (nSPS) is 15.2. The van der Waals surface area contributed by atoms with Crippen molar-refractivity contribution in [1.82, 2.24) is 20.5 Å². The fraction of sp³-hybridized carbons (Fsp3) is 0.360. The van der Waals surface area contributed by atoms with Crippen LogP contribution in [0.15, 0.2) is 70.3 Å². The van der Waals surface area contributed by atoms with E-state index in [9.17, 15) is 0 Å². The lowest BCUT2D eigenvalue weighted by atomic mass is 10.0. The predicted molar refractivity (Wildman–Crippen MR) is 140 cm³/mol. The summed E-state index contributed by atoms with van der Waals surface area (Å²) in [6.07, 6.45) is 3.91. The van der Waals surface area contributed by atoms with Crippen molar-refractivity contribution in [3.8, 4) is 11.5 Å². The number of rotatable bonds is 6.